The summed E-state index contributed by atoms with van der Waals surface area (Å²) in [5, 5.41) is 2.93. The van der Waals surface area contributed by atoms with Crippen LogP contribution < -0.4 is 10.0 Å². The second kappa shape index (κ2) is 7.45. The van der Waals surface area contributed by atoms with E-state index in [1.807, 2.05) is 6.92 Å². The molecule has 0 unspecified atom stereocenters. The molecule has 1 amide bonds. The van der Waals surface area contributed by atoms with E-state index in [9.17, 15) is 13.2 Å². The van der Waals surface area contributed by atoms with E-state index in [0.29, 0.717) is 31.7 Å². The van der Waals surface area contributed by atoms with Gasteiger partial charge in [-0.25, -0.2) is 13.1 Å². The molecule has 1 aliphatic heterocycles. The number of methoxy groups -OCH3 is 1. The number of anilines is 1. The number of hydrogen-bond donors (Lipinski definition) is 2. The number of thioether (sulfide) groups is 1. The lowest BCUT2D eigenvalue weighted by Crippen LogP contribution is -2.25. The Kier molecular flexibility index (Phi) is 5.85. The van der Waals surface area contributed by atoms with E-state index in [0.717, 1.165) is 4.90 Å². The Morgan fingerprint density at radius 3 is 2.95 bits per heavy atom. The van der Waals surface area contributed by atoms with Crippen LogP contribution in [0, 0.1) is 0 Å². The summed E-state index contributed by atoms with van der Waals surface area (Å²) >= 11 is 1.57. The van der Waals surface area contributed by atoms with E-state index < -0.39 is 10.0 Å². The molecule has 0 aliphatic carbocycles. The summed E-state index contributed by atoms with van der Waals surface area (Å²) in [6, 6.07) is 4.82. The lowest BCUT2D eigenvalue weighted by Gasteiger charge is -2.11. The number of fused-ring (bicyclic) bond motifs is 1. The number of ether oxygens (including phenoxy) is 1. The van der Waals surface area contributed by atoms with Crippen molar-refractivity contribution in [1.82, 2.24) is 4.72 Å². The third kappa shape index (κ3) is 4.45. The quantitative estimate of drug-likeness (QED) is 0.769. The van der Waals surface area contributed by atoms with Gasteiger partial charge < -0.3 is 10.1 Å². The average molecular weight is 344 g/mol. The molecule has 6 nitrogen and oxygen atoms in total. The SMILES string of the molecule is COCCCNS(=O)(=O)c1ccc2c(c1)NC(=O)C[C@H](C)S2. The fraction of sp³-hybridized carbons (Fsp3) is 0.500. The van der Waals surface area contributed by atoms with Crippen LogP contribution in [0.15, 0.2) is 28.0 Å². The van der Waals surface area contributed by atoms with E-state index in [1.165, 1.54) is 6.07 Å². The van der Waals surface area contributed by atoms with E-state index >= 15 is 0 Å². The molecule has 0 saturated carbocycles. The van der Waals surface area contributed by atoms with Gasteiger partial charge in [0.05, 0.1) is 10.6 Å². The summed E-state index contributed by atoms with van der Waals surface area (Å²) in [4.78, 5) is 12.8. The number of hydrogen-bond acceptors (Lipinski definition) is 5. The highest BCUT2D eigenvalue weighted by Crippen LogP contribution is 2.36. The van der Waals surface area contributed by atoms with E-state index in [2.05, 4.69) is 10.0 Å². The van der Waals surface area contributed by atoms with Gasteiger partial charge in [-0.05, 0) is 24.6 Å². The molecule has 0 saturated heterocycles. The first-order valence-electron chi connectivity index (χ1n) is 7.01. The van der Waals surface area contributed by atoms with Gasteiger partial charge in [0.1, 0.15) is 0 Å². The molecule has 1 heterocycles. The Bertz CT molecular complexity index is 646. The van der Waals surface area contributed by atoms with E-state index in [1.54, 1.807) is 31.0 Å². The maximum Gasteiger partial charge on any atom is 0.240 e. The predicted molar refractivity (Wildman–Crippen MR) is 86.7 cm³/mol. The second-order valence-electron chi connectivity index (χ2n) is 5.08. The summed E-state index contributed by atoms with van der Waals surface area (Å²) in [5.74, 6) is -0.0960. The number of rotatable bonds is 6. The number of benzene rings is 1. The van der Waals surface area contributed by atoms with Crippen LogP contribution in [0.3, 0.4) is 0 Å². The van der Waals surface area contributed by atoms with Crippen molar-refractivity contribution in [2.45, 2.75) is 34.8 Å². The molecule has 22 heavy (non-hydrogen) atoms. The van der Waals surface area contributed by atoms with Crippen LogP contribution >= 0.6 is 11.8 Å². The van der Waals surface area contributed by atoms with Gasteiger partial charge in [-0.15, -0.1) is 11.8 Å². The average Bonchev–Trinajstić information content (AvgIpc) is 2.59. The smallest absolute Gasteiger partial charge is 0.240 e. The minimum absolute atomic E-state index is 0.0960. The van der Waals surface area contributed by atoms with Gasteiger partial charge >= 0.3 is 0 Å². The summed E-state index contributed by atoms with van der Waals surface area (Å²) < 4.78 is 31.9. The molecule has 8 heteroatoms. The van der Waals surface area contributed by atoms with Gasteiger partial charge in [-0.1, -0.05) is 6.92 Å². The maximum absolute atomic E-state index is 12.2. The van der Waals surface area contributed by atoms with Crippen LogP contribution in [-0.4, -0.2) is 39.8 Å². The molecule has 1 aliphatic rings. The molecule has 0 fully saturated rings. The Balaban J connectivity index is 2.18. The van der Waals surface area contributed by atoms with Gasteiger partial charge in [-0.2, -0.15) is 0 Å². The monoisotopic (exact) mass is 344 g/mol. The first-order valence-corrected chi connectivity index (χ1v) is 9.38. The highest BCUT2D eigenvalue weighted by molar-refractivity contribution is 8.00. The Morgan fingerprint density at radius 2 is 2.23 bits per heavy atom. The van der Waals surface area contributed by atoms with Crippen molar-refractivity contribution < 1.29 is 17.9 Å². The van der Waals surface area contributed by atoms with Gasteiger partial charge in [0.25, 0.3) is 0 Å². The van der Waals surface area contributed by atoms with E-state index in [-0.39, 0.29) is 16.1 Å². The van der Waals surface area contributed by atoms with Crippen LogP contribution in [0.5, 0.6) is 0 Å². The summed E-state index contributed by atoms with van der Waals surface area (Å²) in [6.07, 6.45) is 1.02. The molecular weight excluding hydrogens is 324 g/mol. The third-order valence-corrected chi connectivity index (χ3v) is 5.79. The van der Waals surface area contributed by atoms with Crippen molar-refractivity contribution in [2.75, 3.05) is 25.6 Å². The van der Waals surface area contributed by atoms with Gasteiger partial charge in [0, 0.05) is 36.8 Å². The van der Waals surface area contributed by atoms with Crippen LogP contribution in [0.4, 0.5) is 5.69 Å². The topological polar surface area (TPSA) is 84.5 Å². The van der Waals surface area contributed by atoms with Crippen LogP contribution in [-0.2, 0) is 19.6 Å². The van der Waals surface area contributed by atoms with Crippen molar-refractivity contribution in [3.05, 3.63) is 18.2 Å². The molecule has 0 aromatic heterocycles. The van der Waals surface area contributed by atoms with Crippen LogP contribution in [0.2, 0.25) is 0 Å². The van der Waals surface area contributed by atoms with Crippen molar-refractivity contribution in [2.24, 2.45) is 0 Å². The molecule has 1 aromatic rings. The van der Waals surface area contributed by atoms with Gasteiger partial charge in [0.15, 0.2) is 0 Å². The zero-order valence-corrected chi connectivity index (χ0v) is 14.2. The largest absolute Gasteiger partial charge is 0.385 e. The molecule has 2 N–H and O–H groups in total. The fourth-order valence-corrected chi connectivity index (χ4v) is 4.26. The predicted octanol–water partition coefficient (Wildman–Crippen LogP) is 1.82. The highest BCUT2D eigenvalue weighted by Gasteiger charge is 2.21. The summed E-state index contributed by atoms with van der Waals surface area (Å²) in [6.45, 7) is 2.78. The summed E-state index contributed by atoms with van der Waals surface area (Å²) in [7, 11) is -2.01. The molecule has 0 bridgehead atoms. The minimum Gasteiger partial charge on any atom is -0.385 e. The number of carbonyl (C=O) groups excluding carboxylic acids is 1. The minimum atomic E-state index is -3.58. The van der Waals surface area contributed by atoms with Gasteiger partial charge in [-0.3, -0.25) is 4.79 Å². The van der Waals surface area contributed by atoms with Gasteiger partial charge in [0.2, 0.25) is 15.9 Å². The third-order valence-electron chi connectivity index (χ3n) is 3.15. The molecule has 122 valence electrons. The standard InChI is InChI=1S/C14H20N2O4S2/c1-10-8-14(17)16-12-9-11(4-5-13(12)21-10)22(18,19)15-6-3-7-20-2/h4-5,9-10,15H,3,6-8H2,1-2H3,(H,16,17)/t10-/m0/s1. The Labute approximate surface area is 135 Å². The summed E-state index contributed by atoms with van der Waals surface area (Å²) in [5.41, 5.74) is 0.555. The highest BCUT2D eigenvalue weighted by atomic mass is 32.2. The molecule has 0 radical (unpaired) electrons. The molecule has 2 rings (SSSR count). The van der Waals surface area contributed by atoms with Crippen LogP contribution in [0.25, 0.3) is 0 Å². The molecule has 1 atom stereocenters. The first kappa shape index (κ1) is 17.3. The fourth-order valence-electron chi connectivity index (χ4n) is 2.10. The molecule has 1 aromatic carbocycles. The first-order chi connectivity index (χ1) is 10.4. The zero-order valence-electron chi connectivity index (χ0n) is 12.6. The zero-order chi connectivity index (χ0) is 16.2. The number of nitrogens with one attached hydrogen (secondary N) is 2. The number of sulfonamides is 1. The lowest BCUT2D eigenvalue weighted by atomic mass is 10.3. The maximum atomic E-state index is 12.2. The van der Waals surface area contributed by atoms with Crippen molar-refractivity contribution in [1.29, 1.82) is 0 Å². The lowest BCUT2D eigenvalue weighted by molar-refractivity contribution is -0.116. The second-order valence-corrected chi connectivity index (χ2v) is 8.33. The Morgan fingerprint density at radius 1 is 1.45 bits per heavy atom. The number of carbonyl (C=O) groups is 1. The molecule has 0 spiro atoms. The number of amides is 1. The Hall–Kier alpha value is -1.09. The van der Waals surface area contributed by atoms with E-state index in [4.69, 9.17) is 4.74 Å². The van der Waals surface area contributed by atoms with Crippen molar-refractivity contribution in [3.63, 3.8) is 0 Å². The molecular formula is C14H20N2O4S2. The van der Waals surface area contributed by atoms with Crippen molar-refractivity contribution in [3.8, 4) is 0 Å². The van der Waals surface area contributed by atoms with Crippen molar-refractivity contribution >= 4 is 33.4 Å². The van der Waals surface area contributed by atoms with Crippen LogP contribution in [0.1, 0.15) is 19.8 Å². The normalized spacial score (nSPS) is 18.5.